The molecule has 0 atom stereocenters. The minimum Gasteiger partial charge on any atom is -0.370 e. The molecule has 0 aliphatic carbocycles. The Bertz CT molecular complexity index is 1050. The van der Waals surface area contributed by atoms with E-state index in [1.807, 2.05) is 0 Å². The second-order valence-corrected chi connectivity index (χ2v) is 9.95. The van der Waals surface area contributed by atoms with Crippen molar-refractivity contribution >= 4 is 39.1 Å². The highest BCUT2D eigenvalue weighted by Crippen LogP contribution is 2.38. The lowest BCUT2D eigenvalue weighted by Gasteiger charge is -2.29. The van der Waals surface area contributed by atoms with Crippen molar-refractivity contribution in [2.75, 3.05) is 5.75 Å². The zero-order chi connectivity index (χ0) is 19.2. The zero-order valence-electron chi connectivity index (χ0n) is 16.4. The molecule has 0 unspecified atom stereocenters. The second-order valence-electron chi connectivity index (χ2n) is 7.80. The van der Waals surface area contributed by atoms with Crippen molar-refractivity contribution in [1.29, 1.82) is 0 Å². The Balaban J connectivity index is 1.81. The van der Waals surface area contributed by atoms with Crippen molar-refractivity contribution in [1.82, 2.24) is 19.2 Å². The van der Waals surface area contributed by atoms with E-state index >= 15 is 0 Å². The van der Waals surface area contributed by atoms with Gasteiger partial charge in [-0.2, -0.15) is 0 Å². The van der Waals surface area contributed by atoms with Gasteiger partial charge < -0.3 is 4.74 Å². The molecule has 0 aromatic carbocycles. The number of thioether (sulfide) groups is 1. The minimum absolute atomic E-state index is 0.0135. The van der Waals surface area contributed by atoms with Gasteiger partial charge in [0.25, 0.3) is 5.56 Å². The first-order chi connectivity index (χ1) is 12.9. The molecule has 0 bridgehead atoms. The fourth-order valence-electron chi connectivity index (χ4n) is 3.62. The van der Waals surface area contributed by atoms with Crippen molar-refractivity contribution in [2.45, 2.75) is 70.2 Å². The van der Waals surface area contributed by atoms with Crippen LogP contribution in [0.3, 0.4) is 0 Å². The van der Waals surface area contributed by atoms with Gasteiger partial charge in [-0.1, -0.05) is 37.9 Å². The van der Waals surface area contributed by atoms with E-state index in [9.17, 15) is 4.79 Å². The molecular formula is C19H26N4O2S2. The molecule has 6 nitrogen and oxygen atoms in total. The van der Waals surface area contributed by atoms with Crippen LogP contribution in [0.2, 0.25) is 0 Å². The maximum absolute atomic E-state index is 13.1. The Morgan fingerprint density at radius 2 is 2.07 bits per heavy atom. The summed E-state index contributed by atoms with van der Waals surface area (Å²) in [6.45, 7) is 6.95. The van der Waals surface area contributed by atoms with Gasteiger partial charge in [0.05, 0.1) is 17.6 Å². The Kier molecular flexibility index (Phi) is 5.07. The molecule has 27 heavy (non-hydrogen) atoms. The topological polar surface area (TPSA) is 61.4 Å². The third kappa shape index (κ3) is 3.32. The standard InChI is InChI=1S/C19H26N4O2S2/c1-5-6-7-8-9-26-18-21-20-17-22(4)15(24)14-12-10-19(2,3)25-11-13(12)27-16(14)23(17)18/h5-11H2,1-4H3. The molecule has 0 spiro atoms. The number of nitrogens with zero attached hydrogens (tertiary/aromatic N) is 4. The lowest BCUT2D eigenvalue weighted by atomic mass is 9.94. The first kappa shape index (κ1) is 19.0. The van der Waals surface area contributed by atoms with Gasteiger partial charge >= 0.3 is 0 Å². The lowest BCUT2D eigenvalue weighted by molar-refractivity contribution is -0.0379. The van der Waals surface area contributed by atoms with Gasteiger partial charge in [0.15, 0.2) is 5.16 Å². The molecule has 0 radical (unpaired) electrons. The Morgan fingerprint density at radius 3 is 2.85 bits per heavy atom. The fraction of sp³-hybridized carbons (Fsp3) is 0.632. The minimum atomic E-state index is -0.245. The SMILES string of the molecule is CCCCCCSc1nnc2n(C)c(=O)c3c4c(sc3n12)COC(C)(C)C4. The van der Waals surface area contributed by atoms with Gasteiger partial charge in [-0.25, -0.2) is 4.40 Å². The third-order valence-electron chi connectivity index (χ3n) is 5.14. The highest BCUT2D eigenvalue weighted by Gasteiger charge is 2.31. The van der Waals surface area contributed by atoms with Crippen LogP contribution in [0, 0.1) is 0 Å². The summed E-state index contributed by atoms with van der Waals surface area (Å²) < 4.78 is 9.67. The van der Waals surface area contributed by atoms with Crippen LogP contribution in [-0.2, 0) is 24.8 Å². The highest BCUT2D eigenvalue weighted by atomic mass is 32.2. The molecule has 8 heteroatoms. The summed E-state index contributed by atoms with van der Waals surface area (Å²) in [7, 11) is 1.79. The summed E-state index contributed by atoms with van der Waals surface area (Å²) in [4.78, 5) is 15.2. The van der Waals surface area contributed by atoms with Gasteiger partial charge in [0, 0.05) is 24.1 Å². The van der Waals surface area contributed by atoms with Crippen LogP contribution >= 0.6 is 23.1 Å². The van der Waals surface area contributed by atoms with E-state index in [4.69, 9.17) is 4.74 Å². The van der Waals surface area contributed by atoms with Crippen molar-refractivity contribution in [3.8, 4) is 0 Å². The molecule has 0 N–H and O–H groups in total. The Hall–Kier alpha value is -1.38. The molecule has 4 heterocycles. The summed E-state index contributed by atoms with van der Waals surface area (Å²) in [6, 6.07) is 0. The maximum Gasteiger partial charge on any atom is 0.263 e. The molecule has 3 aromatic rings. The van der Waals surface area contributed by atoms with Crippen molar-refractivity contribution in [3.05, 3.63) is 20.8 Å². The summed E-state index contributed by atoms with van der Waals surface area (Å²) in [5.74, 6) is 1.63. The molecule has 146 valence electrons. The summed E-state index contributed by atoms with van der Waals surface area (Å²) in [5, 5.41) is 10.4. The summed E-state index contributed by atoms with van der Waals surface area (Å²) in [5.41, 5.74) is 0.909. The van der Waals surface area contributed by atoms with Crippen LogP contribution in [0.4, 0.5) is 0 Å². The smallest absolute Gasteiger partial charge is 0.263 e. The van der Waals surface area contributed by atoms with Gasteiger partial charge in [-0.15, -0.1) is 21.5 Å². The van der Waals surface area contributed by atoms with Crippen LogP contribution in [-0.4, -0.2) is 30.5 Å². The molecule has 3 aromatic heterocycles. The van der Waals surface area contributed by atoms with Gasteiger partial charge in [0.1, 0.15) is 4.83 Å². The first-order valence-corrected chi connectivity index (χ1v) is 11.4. The van der Waals surface area contributed by atoms with E-state index in [0.29, 0.717) is 12.4 Å². The number of aryl methyl sites for hydroxylation is 1. The zero-order valence-corrected chi connectivity index (χ0v) is 18.0. The van der Waals surface area contributed by atoms with Crippen LogP contribution in [0.15, 0.2) is 9.95 Å². The second kappa shape index (κ2) is 7.22. The van der Waals surface area contributed by atoms with Gasteiger partial charge in [-0.05, 0) is 25.8 Å². The normalized spacial score (nSPS) is 16.3. The van der Waals surface area contributed by atoms with E-state index in [-0.39, 0.29) is 11.2 Å². The van der Waals surface area contributed by atoms with Crippen LogP contribution < -0.4 is 5.56 Å². The monoisotopic (exact) mass is 406 g/mol. The lowest BCUT2D eigenvalue weighted by Crippen LogP contribution is -2.32. The van der Waals surface area contributed by atoms with Crippen LogP contribution in [0.25, 0.3) is 16.0 Å². The molecule has 1 aliphatic rings. The highest BCUT2D eigenvalue weighted by molar-refractivity contribution is 7.99. The molecule has 0 amide bonds. The Morgan fingerprint density at radius 1 is 1.26 bits per heavy atom. The summed E-state index contributed by atoms with van der Waals surface area (Å²) in [6.07, 6.45) is 5.68. The average molecular weight is 407 g/mol. The van der Waals surface area contributed by atoms with Gasteiger partial charge in [-0.3, -0.25) is 9.36 Å². The maximum atomic E-state index is 13.1. The third-order valence-corrected chi connectivity index (χ3v) is 7.34. The number of unbranched alkanes of at least 4 members (excludes halogenated alkanes) is 3. The predicted molar refractivity (Wildman–Crippen MR) is 111 cm³/mol. The number of thiophene rings is 1. The molecule has 0 saturated carbocycles. The van der Waals surface area contributed by atoms with Gasteiger partial charge in [0.2, 0.25) is 5.78 Å². The average Bonchev–Trinajstić information content (AvgIpc) is 3.20. The Labute approximate surface area is 166 Å². The van der Waals surface area contributed by atoms with E-state index < -0.39 is 0 Å². The van der Waals surface area contributed by atoms with E-state index in [0.717, 1.165) is 38.0 Å². The van der Waals surface area contributed by atoms with Crippen LogP contribution in [0.1, 0.15) is 56.9 Å². The molecule has 1 aliphatic heterocycles. The molecular weight excluding hydrogens is 380 g/mol. The van der Waals surface area contributed by atoms with Crippen LogP contribution in [0.5, 0.6) is 0 Å². The number of ether oxygens (including phenoxy) is 1. The molecule has 4 rings (SSSR count). The number of fused-ring (bicyclic) bond motifs is 5. The summed E-state index contributed by atoms with van der Waals surface area (Å²) >= 11 is 3.38. The van der Waals surface area contributed by atoms with Crippen molar-refractivity contribution in [3.63, 3.8) is 0 Å². The quantitative estimate of drug-likeness (QED) is 0.454. The van der Waals surface area contributed by atoms with E-state index in [2.05, 4.69) is 35.4 Å². The first-order valence-electron chi connectivity index (χ1n) is 9.58. The number of hydrogen-bond donors (Lipinski definition) is 0. The predicted octanol–water partition coefficient (Wildman–Crippen LogP) is 4.17. The molecule has 0 saturated heterocycles. The largest absolute Gasteiger partial charge is 0.370 e. The van der Waals surface area contributed by atoms with Crippen molar-refractivity contribution in [2.24, 2.45) is 7.05 Å². The number of rotatable bonds is 6. The fourth-order valence-corrected chi connectivity index (χ4v) is 5.83. The molecule has 0 fully saturated rings. The number of aromatic nitrogens is 4. The van der Waals surface area contributed by atoms with E-state index in [1.54, 1.807) is 34.7 Å². The van der Waals surface area contributed by atoms with Crippen molar-refractivity contribution < 1.29 is 4.74 Å². The van der Waals surface area contributed by atoms with E-state index in [1.165, 1.54) is 25.7 Å². The number of hydrogen-bond acceptors (Lipinski definition) is 6.